The molecule has 0 aliphatic carbocycles. The van der Waals surface area contributed by atoms with Crippen LogP contribution in [-0.4, -0.2) is 75.2 Å². The fourth-order valence-electron chi connectivity index (χ4n) is 5.24. The third kappa shape index (κ3) is 5.16. The van der Waals surface area contributed by atoms with Crippen molar-refractivity contribution in [1.29, 1.82) is 0 Å². The number of carbonyl (C=O) groups is 2. The van der Waals surface area contributed by atoms with Crippen molar-refractivity contribution in [2.24, 2.45) is 0 Å². The summed E-state index contributed by atoms with van der Waals surface area (Å²) < 4.78 is 39.3. The van der Waals surface area contributed by atoms with Crippen LogP contribution in [0.3, 0.4) is 0 Å². The van der Waals surface area contributed by atoms with Crippen LogP contribution in [-0.2, 0) is 22.7 Å². The van der Waals surface area contributed by atoms with Crippen molar-refractivity contribution in [2.45, 2.75) is 64.4 Å². The van der Waals surface area contributed by atoms with E-state index in [0.29, 0.717) is 50.5 Å². The molecule has 3 aliphatic heterocycles. The van der Waals surface area contributed by atoms with Crippen LogP contribution in [0.4, 0.5) is 19.4 Å². The van der Waals surface area contributed by atoms with Gasteiger partial charge in [0.2, 0.25) is 11.8 Å². The summed E-state index contributed by atoms with van der Waals surface area (Å²) in [5.41, 5.74) is -0.723. The maximum Gasteiger partial charge on any atom is 0.410 e. The molecule has 4 heterocycles. The first-order valence-corrected chi connectivity index (χ1v) is 12.7. The largest absolute Gasteiger partial charge is 0.473 e. The molecule has 2 atom stereocenters. The second-order valence-electron chi connectivity index (χ2n) is 10.8. The maximum atomic E-state index is 13.5. The zero-order chi connectivity index (χ0) is 27.2. The maximum absolute atomic E-state index is 13.5. The van der Waals surface area contributed by atoms with E-state index >= 15 is 0 Å². The van der Waals surface area contributed by atoms with E-state index in [9.17, 15) is 23.2 Å². The van der Waals surface area contributed by atoms with Gasteiger partial charge in [-0.05, 0) is 51.3 Å². The van der Waals surface area contributed by atoms with Gasteiger partial charge in [-0.25, -0.2) is 18.4 Å². The second kappa shape index (κ2) is 9.88. The van der Waals surface area contributed by atoms with Crippen molar-refractivity contribution < 1.29 is 27.8 Å². The molecule has 0 bridgehead atoms. The number of aromatic nitrogens is 2. The van der Waals surface area contributed by atoms with E-state index in [2.05, 4.69) is 9.88 Å². The molecule has 1 aromatic carbocycles. The third-order valence-corrected chi connectivity index (χ3v) is 6.98. The smallest absolute Gasteiger partial charge is 0.410 e. The Kier molecular flexibility index (Phi) is 6.74. The molecule has 0 N–H and O–H groups in total. The average Bonchev–Trinajstić information content (AvgIpc) is 3.48. The molecule has 3 aliphatic rings. The van der Waals surface area contributed by atoms with Crippen LogP contribution in [0.1, 0.15) is 39.2 Å². The van der Waals surface area contributed by atoms with E-state index in [0.717, 1.165) is 18.6 Å². The van der Waals surface area contributed by atoms with Crippen LogP contribution >= 0.6 is 0 Å². The Bertz CT molecular complexity index is 1310. The van der Waals surface area contributed by atoms with Crippen molar-refractivity contribution in [3.05, 3.63) is 51.9 Å². The molecule has 2 amide bonds. The topological polar surface area (TPSA) is 97.2 Å². The summed E-state index contributed by atoms with van der Waals surface area (Å²) in [5, 5.41) is 0. The van der Waals surface area contributed by atoms with Gasteiger partial charge in [0.05, 0.1) is 12.6 Å². The van der Waals surface area contributed by atoms with Crippen LogP contribution in [0, 0.1) is 11.6 Å². The zero-order valence-corrected chi connectivity index (χ0v) is 21.7. The Balaban J connectivity index is 1.25. The molecule has 0 spiro atoms. The van der Waals surface area contributed by atoms with E-state index in [4.69, 9.17) is 9.47 Å². The molecule has 10 nitrogen and oxygen atoms in total. The number of hydrogen-bond donors (Lipinski definition) is 0. The molecule has 204 valence electrons. The lowest BCUT2D eigenvalue weighted by molar-refractivity contribution is -0.136. The van der Waals surface area contributed by atoms with Crippen molar-refractivity contribution in [2.75, 3.05) is 31.1 Å². The molecular formula is C26H31F2N5O5. The van der Waals surface area contributed by atoms with Crippen molar-refractivity contribution in [1.82, 2.24) is 19.4 Å². The van der Waals surface area contributed by atoms with Crippen LogP contribution in [0.5, 0.6) is 5.88 Å². The van der Waals surface area contributed by atoms with E-state index < -0.39 is 35.1 Å². The number of hydrogen-bond acceptors (Lipinski definition) is 7. The summed E-state index contributed by atoms with van der Waals surface area (Å²) in [7, 11) is 0. The summed E-state index contributed by atoms with van der Waals surface area (Å²) in [5.74, 6) is -1.31. The minimum absolute atomic E-state index is 0.0751. The lowest BCUT2D eigenvalue weighted by Crippen LogP contribution is -2.57. The van der Waals surface area contributed by atoms with Gasteiger partial charge in [-0.2, -0.15) is 4.98 Å². The van der Waals surface area contributed by atoms with Gasteiger partial charge < -0.3 is 19.3 Å². The number of nitrogens with zero attached hydrogens (tertiary/aromatic N) is 5. The van der Waals surface area contributed by atoms with Crippen molar-refractivity contribution >= 4 is 17.8 Å². The number of likely N-dealkylation sites (tertiary alicyclic amines) is 1. The van der Waals surface area contributed by atoms with E-state index in [1.54, 1.807) is 36.3 Å². The highest BCUT2D eigenvalue weighted by Crippen LogP contribution is 2.31. The lowest BCUT2D eigenvalue weighted by atomic mass is 10.1. The van der Waals surface area contributed by atoms with Crippen LogP contribution < -0.4 is 15.3 Å². The molecule has 1 aromatic heterocycles. The molecule has 2 aromatic rings. The van der Waals surface area contributed by atoms with E-state index in [-0.39, 0.29) is 24.4 Å². The quantitative estimate of drug-likeness (QED) is 0.598. The average molecular weight is 532 g/mol. The van der Waals surface area contributed by atoms with Gasteiger partial charge in [0.1, 0.15) is 24.1 Å². The number of anilines is 1. The summed E-state index contributed by atoms with van der Waals surface area (Å²) in [6.07, 6.45) is 0.846. The number of benzene rings is 1. The number of amides is 2. The first-order chi connectivity index (χ1) is 18.0. The molecule has 2 saturated heterocycles. The van der Waals surface area contributed by atoms with Gasteiger partial charge in [0, 0.05) is 32.2 Å². The molecular weight excluding hydrogens is 500 g/mol. The predicted molar refractivity (Wildman–Crippen MR) is 133 cm³/mol. The molecule has 12 heteroatoms. The number of ether oxygens (including phenoxy) is 2. The molecule has 1 unspecified atom stereocenters. The minimum atomic E-state index is -0.977. The SMILES string of the molecule is CC(C)(C)OC(=O)N1CCC[C@H]1C(=O)N1CCN2c3cc(OCc4ccc(F)c(F)c4)nc(=O)n3CC2C1. The first-order valence-electron chi connectivity index (χ1n) is 12.7. The Morgan fingerprint density at radius 2 is 1.87 bits per heavy atom. The van der Waals surface area contributed by atoms with Crippen LogP contribution in [0.2, 0.25) is 0 Å². The van der Waals surface area contributed by atoms with Gasteiger partial charge in [-0.3, -0.25) is 14.3 Å². The number of fused-ring (bicyclic) bond motifs is 3. The highest BCUT2D eigenvalue weighted by molar-refractivity contribution is 5.86. The summed E-state index contributed by atoms with van der Waals surface area (Å²) in [6, 6.07) is 4.43. The Labute approximate surface area is 218 Å². The van der Waals surface area contributed by atoms with Crippen molar-refractivity contribution in [3.8, 4) is 5.88 Å². The third-order valence-electron chi connectivity index (χ3n) is 6.98. The first kappa shape index (κ1) is 25.9. The summed E-state index contributed by atoms with van der Waals surface area (Å²) in [6.45, 7) is 7.51. The highest BCUT2D eigenvalue weighted by atomic mass is 19.2. The van der Waals surface area contributed by atoms with Gasteiger partial charge in [-0.15, -0.1) is 0 Å². The van der Waals surface area contributed by atoms with Gasteiger partial charge >= 0.3 is 11.8 Å². The minimum Gasteiger partial charge on any atom is -0.473 e. The van der Waals surface area contributed by atoms with Gasteiger partial charge in [0.25, 0.3) is 0 Å². The Morgan fingerprint density at radius 3 is 2.61 bits per heavy atom. The monoisotopic (exact) mass is 531 g/mol. The molecule has 5 rings (SSSR count). The van der Waals surface area contributed by atoms with E-state index in [1.165, 1.54) is 11.0 Å². The fourth-order valence-corrected chi connectivity index (χ4v) is 5.24. The Morgan fingerprint density at radius 1 is 1.08 bits per heavy atom. The summed E-state index contributed by atoms with van der Waals surface area (Å²) in [4.78, 5) is 48.2. The summed E-state index contributed by atoms with van der Waals surface area (Å²) >= 11 is 0. The molecule has 0 radical (unpaired) electrons. The van der Waals surface area contributed by atoms with E-state index in [1.807, 2.05) is 0 Å². The van der Waals surface area contributed by atoms with Crippen LogP contribution in [0.15, 0.2) is 29.1 Å². The van der Waals surface area contributed by atoms with Gasteiger partial charge in [0.15, 0.2) is 11.6 Å². The van der Waals surface area contributed by atoms with Crippen molar-refractivity contribution in [3.63, 3.8) is 0 Å². The van der Waals surface area contributed by atoms with Gasteiger partial charge in [-0.1, -0.05) is 6.07 Å². The molecule has 2 fully saturated rings. The predicted octanol–water partition coefficient (Wildman–Crippen LogP) is 2.53. The lowest BCUT2D eigenvalue weighted by Gasteiger charge is -2.40. The molecule has 0 saturated carbocycles. The van der Waals surface area contributed by atoms with Crippen LogP contribution in [0.25, 0.3) is 0 Å². The highest BCUT2D eigenvalue weighted by Gasteiger charge is 2.42. The normalized spacial score (nSPS) is 20.8. The fraction of sp³-hybridized carbons (Fsp3) is 0.538. The second-order valence-corrected chi connectivity index (χ2v) is 10.8. The number of carbonyl (C=O) groups excluding carboxylic acids is 2. The number of rotatable bonds is 4. The number of piperazine rings is 1. The Hall–Kier alpha value is -3.70. The zero-order valence-electron chi connectivity index (χ0n) is 21.7. The molecule has 38 heavy (non-hydrogen) atoms. The standard InChI is InChI=1S/C26H31F2N5O5/c1-26(2,3)38-25(36)32-8-4-5-20(32)23(34)30-9-10-31-17(13-30)14-33-22(31)12-21(29-24(33)35)37-15-16-6-7-18(27)19(28)11-16/h6-7,11-12,17,20H,4-5,8-10,13-15H2,1-3H3/t17?,20-/m0/s1. The number of halogens is 2.